The number of nitrogens with zero attached hydrogens (tertiary/aromatic N) is 5. The van der Waals surface area contributed by atoms with Gasteiger partial charge in [0.1, 0.15) is 6.33 Å². The molecule has 0 aliphatic carbocycles. The van der Waals surface area contributed by atoms with Gasteiger partial charge in [-0.25, -0.2) is 4.98 Å². The van der Waals surface area contributed by atoms with Gasteiger partial charge in [-0.05, 0) is 40.8 Å². The first kappa shape index (κ1) is 14.9. The lowest BCUT2D eigenvalue weighted by Gasteiger charge is -2.08. The zero-order valence-electron chi connectivity index (χ0n) is 12.0. The molecule has 0 atom stereocenters. The van der Waals surface area contributed by atoms with Gasteiger partial charge in [0, 0.05) is 4.47 Å². The van der Waals surface area contributed by atoms with Gasteiger partial charge in [-0.1, -0.05) is 39.4 Å². The summed E-state index contributed by atoms with van der Waals surface area (Å²) in [6.45, 7) is 0. The summed E-state index contributed by atoms with van der Waals surface area (Å²) in [5.41, 5.74) is 1.88. The minimum absolute atomic E-state index is 0.277. The number of anilines is 1. The van der Waals surface area contributed by atoms with E-state index in [1.807, 2.05) is 30.3 Å². The van der Waals surface area contributed by atoms with Gasteiger partial charge in [-0.15, -0.1) is 5.10 Å². The zero-order chi connectivity index (χ0) is 16.5. The Balaban J connectivity index is 1.70. The number of carbonyl (C=O) groups is 1. The highest BCUT2D eigenvalue weighted by atomic mass is 79.9. The highest BCUT2D eigenvalue weighted by Gasteiger charge is 2.16. The Hall–Kier alpha value is -2.65. The van der Waals surface area contributed by atoms with Gasteiger partial charge in [0.2, 0.25) is 0 Å². The van der Waals surface area contributed by atoms with Crippen molar-refractivity contribution in [3.05, 3.63) is 58.8 Å². The van der Waals surface area contributed by atoms with Crippen LogP contribution < -0.4 is 5.32 Å². The number of tetrazole rings is 1. The van der Waals surface area contributed by atoms with Crippen molar-refractivity contribution in [2.45, 2.75) is 0 Å². The second-order valence-corrected chi connectivity index (χ2v) is 6.80. The SMILES string of the molecule is O=C(Nc1nc2ccccc2s1)c1cc(Br)ccc1-n1cnnn1. The summed E-state index contributed by atoms with van der Waals surface area (Å²) in [4.78, 5) is 17.1. The van der Waals surface area contributed by atoms with Crippen molar-refractivity contribution in [2.75, 3.05) is 5.32 Å². The molecule has 4 aromatic rings. The van der Waals surface area contributed by atoms with E-state index in [1.54, 1.807) is 12.1 Å². The normalized spacial score (nSPS) is 10.9. The molecule has 0 aliphatic rings. The number of thiazole rings is 1. The number of benzene rings is 2. The van der Waals surface area contributed by atoms with Crippen molar-refractivity contribution >= 4 is 48.5 Å². The Morgan fingerprint density at radius 2 is 2.08 bits per heavy atom. The van der Waals surface area contributed by atoms with Crippen LogP contribution in [-0.2, 0) is 0 Å². The Bertz CT molecular complexity index is 997. The lowest BCUT2D eigenvalue weighted by Crippen LogP contribution is -2.15. The Morgan fingerprint density at radius 1 is 1.21 bits per heavy atom. The van der Waals surface area contributed by atoms with Crippen molar-refractivity contribution in [1.82, 2.24) is 25.2 Å². The lowest BCUT2D eigenvalue weighted by molar-refractivity contribution is 0.102. The Kier molecular flexibility index (Phi) is 3.79. The van der Waals surface area contributed by atoms with Crippen LogP contribution in [0.15, 0.2) is 53.3 Å². The van der Waals surface area contributed by atoms with E-state index in [4.69, 9.17) is 0 Å². The first-order valence-corrected chi connectivity index (χ1v) is 8.51. The van der Waals surface area contributed by atoms with Crippen molar-refractivity contribution < 1.29 is 4.79 Å². The largest absolute Gasteiger partial charge is 0.298 e. The highest BCUT2D eigenvalue weighted by Crippen LogP contribution is 2.27. The molecule has 1 N–H and O–H groups in total. The van der Waals surface area contributed by atoms with E-state index >= 15 is 0 Å². The second-order valence-electron chi connectivity index (χ2n) is 4.86. The topological polar surface area (TPSA) is 85.6 Å². The van der Waals surface area contributed by atoms with Crippen molar-refractivity contribution in [2.24, 2.45) is 0 Å². The third-order valence-corrected chi connectivity index (χ3v) is 4.76. The molecule has 24 heavy (non-hydrogen) atoms. The zero-order valence-corrected chi connectivity index (χ0v) is 14.5. The number of carbonyl (C=O) groups excluding carboxylic acids is 1. The van der Waals surface area contributed by atoms with Gasteiger partial charge >= 0.3 is 0 Å². The molecule has 0 radical (unpaired) electrons. The monoisotopic (exact) mass is 400 g/mol. The summed E-state index contributed by atoms with van der Waals surface area (Å²) in [5, 5.41) is 14.5. The third kappa shape index (κ3) is 2.79. The van der Waals surface area contributed by atoms with Crippen LogP contribution in [0.25, 0.3) is 15.9 Å². The maximum Gasteiger partial charge on any atom is 0.259 e. The molecular weight excluding hydrogens is 392 g/mol. The summed E-state index contributed by atoms with van der Waals surface area (Å²) < 4.78 is 3.25. The van der Waals surface area contributed by atoms with Gasteiger partial charge in [-0.3, -0.25) is 10.1 Å². The average molecular weight is 401 g/mol. The van der Waals surface area contributed by atoms with Crippen LogP contribution in [0.4, 0.5) is 5.13 Å². The molecule has 9 heteroatoms. The molecule has 0 saturated heterocycles. The number of hydrogen-bond donors (Lipinski definition) is 1. The van der Waals surface area contributed by atoms with Gasteiger partial charge in [0.05, 0.1) is 21.5 Å². The summed E-state index contributed by atoms with van der Waals surface area (Å²) in [6, 6.07) is 13.0. The maximum atomic E-state index is 12.7. The molecule has 0 saturated carbocycles. The van der Waals surface area contributed by atoms with Crippen LogP contribution in [0.3, 0.4) is 0 Å². The van der Waals surface area contributed by atoms with Crippen molar-refractivity contribution in [3.63, 3.8) is 0 Å². The number of para-hydroxylation sites is 1. The molecule has 0 fully saturated rings. The number of hydrogen-bond acceptors (Lipinski definition) is 6. The van der Waals surface area contributed by atoms with E-state index in [9.17, 15) is 4.79 Å². The van der Waals surface area contributed by atoms with Crippen LogP contribution in [0.1, 0.15) is 10.4 Å². The number of aromatic nitrogens is 5. The van der Waals surface area contributed by atoms with Crippen LogP contribution >= 0.6 is 27.3 Å². The highest BCUT2D eigenvalue weighted by molar-refractivity contribution is 9.10. The molecular formula is C15H9BrN6OS. The van der Waals surface area contributed by atoms with E-state index in [-0.39, 0.29) is 5.91 Å². The smallest absolute Gasteiger partial charge is 0.259 e. The molecule has 118 valence electrons. The van der Waals surface area contributed by atoms with Crippen molar-refractivity contribution in [1.29, 1.82) is 0 Å². The summed E-state index contributed by atoms with van der Waals surface area (Å²) >= 11 is 4.81. The summed E-state index contributed by atoms with van der Waals surface area (Å²) in [6.07, 6.45) is 1.44. The van der Waals surface area contributed by atoms with Gasteiger partial charge in [0.15, 0.2) is 5.13 Å². The average Bonchev–Trinajstić information content (AvgIpc) is 3.23. The molecule has 0 spiro atoms. The molecule has 0 aliphatic heterocycles. The predicted molar refractivity (Wildman–Crippen MR) is 94.4 cm³/mol. The quantitative estimate of drug-likeness (QED) is 0.570. The van der Waals surface area contributed by atoms with E-state index < -0.39 is 0 Å². The molecule has 7 nitrogen and oxygen atoms in total. The molecule has 2 aromatic carbocycles. The van der Waals surface area contributed by atoms with Crippen LogP contribution in [-0.4, -0.2) is 31.1 Å². The standard InChI is InChI=1S/C15H9BrN6OS/c16-9-5-6-12(22-8-17-20-21-22)10(7-9)14(23)19-15-18-11-3-1-2-4-13(11)24-15/h1-8H,(H,18,19,23). The molecule has 4 rings (SSSR count). The third-order valence-electron chi connectivity index (χ3n) is 3.31. The molecule has 1 amide bonds. The molecule has 2 heterocycles. The van der Waals surface area contributed by atoms with Gasteiger partial charge in [-0.2, -0.15) is 4.68 Å². The second kappa shape index (κ2) is 6.10. The van der Waals surface area contributed by atoms with Crippen LogP contribution in [0.2, 0.25) is 0 Å². The Morgan fingerprint density at radius 3 is 2.88 bits per heavy atom. The van der Waals surface area contributed by atoms with E-state index in [2.05, 4.69) is 41.8 Å². The number of halogens is 1. The lowest BCUT2D eigenvalue weighted by atomic mass is 10.1. The number of nitrogens with one attached hydrogen (secondary N) is 1. The van der Waals surface area contributed by atoms with Gasteiger partial charge in [0.25, 0.3) is 5.91 Å². The van der Waals surface area contributed by atoms with Crippen LogP contribution in [0, 0.1) is 0 Å². The molecule has 0 unspecified atom stereocenters. The summed E-state index contributed by atoms with van der Waals surface area (Å²) in [7, 11) is 0. The number of rotatable bonds is 3. The number of fused-ring (bicyclic) bond motifs is 1. The van der Waals surface area contributed by atoms with E-state index in [1.165, 1.54) is 22.3 Å². The van der Waals surface area contributed by atoms with Crippen molar-refractivity contribution in [3.8, 4) is 5.69 Å². The Labute approximate surface area is 148 Å². The fourth-order valence-electron chi connectivity index (χ4n) is 2.25. The van der Waals surface area contributed by atoms with Crippen LogP contribution in [0.5, 0.6) is 0 Å². The first-order valence-electron chi connectivity index (χ1n) is 6.90. The number of amides is 1. The summed E-state index contributed by atoms with van der Waals surface area (Å²) in [5.74, 6) is -0.277. The maximum absolute atomic E-state index is 12.7. The van der Waals surface area contributed by atoms with E-state index in [0.717, 1.165) is 14.7 Å². The minimum Gasteiger partial charge on any atom is -0.298 e. The molecule has 2 aromatic heterocycles. The fourth-order valence-corrected chi connectivity index (χ4v) is 3.47. The molecule has 0 bridgehead atoms. The minimum atomic E-state index is -0.277. The van der Waals surface area contributed by atoms with E-state index in [0.29, 0.717) is 16.4 Å². The predicted octanol–water partition coefficient (Wildman–Crippen LogP) is 3.29. The fraction of sp³-hybridized carbons (Fsp3) is 0. The first-order chi connectivity index (χ1) is 11.7. The van der Waals surface area contributed by atoms with Gasteiger partial charge < -0.3 is 0 Å².